The summed E-state index contributed by atoms with van der Waals surface area (Å²) in [6, 6.07) is 4.30. The summed E-state index contributed by atoms with van der Waals surface area (Å²) in [5, 5.41) is 14.2. The van der Waals surface area contributed by atoms with Crippen molar-refractivity contribution in [3.8, 4) is 5.88 Å². The number of nitrogens with one attached hydrogen (secondary N) is 3. The van der Waals surface area contributed by atoms with Gasteiger partial charge in [-0.2, -0.15) is 36.3 Å². The molecular weight excluding hydrogens is 646 g/mol. The maximum absolute atomic E-state index is 13.8. The summed E-state index contributed by atoms with van der Waals surface area (Å²) >= 11 is 0. The lowest BCUT2D eigenvalue weighted by Crippen LogP contribution is -2.32. The summed E-state index contributed by atoms with van der Waals surface area (Å²) in [7, 11) is 0. The summed E-state index contributed by atoms with van der Waals surface area (Å²) < 4.78 is 111. The molecule has 0 radical (unpaired) electrons. The third-order valence-corrected chi connectivity index (χ3v) is 7.90. The van der Waals surface area contributed by atoms with Crippen LogP contribution in [0.3, 0.4) is 0 Å². The number of imidazole rings is 1. The van der Waals surface area contributed by atoms with Gasteiger partial charge in [-0.05, 0) is 68.7 Å². The minimum atomic E-state index is -4.79. The lowest BCUT2D eigenvalue weighted by Gasteiger charge is -2.29. The molecule has 258 valence electrons. The summed E-state index contributed by atoms with van der Waals surface area (Å²) in [5.74, 6) is -3.24. The molecule has 0 saturated heterocycles. The number of benzene rings is 1. The van der Waals surface area contributed by atoms with Gasteiger partial charge in [0, 0.05) is 13.0 Å². The fraction of sp³-hybridized carbons (Fsp3) is 0.533. The predicted octanol–water partition coefficient (Wildman–Crippen LogP) is 7.08. The molecule has 1 unspecified atom stereocenters. The van der Waals surface area contributed by atoms with Gasteiger partial charge in [0.15, 0.2) is 18.0 Å². The highest BCUT2D eigenvalue weighted by Gasteiger charge is 2.41. The van der Waals surface area contributed by atoms with Gasteiger partial charge in [0.05, 0.1) is 28.2 Å². The zero-order valence-corrected chi connectivity index (χ0v) is 25.1. The van der Waals surface area contributed by atoms with Crippen LogP contribution in [0, 0.1) is 11.8 Å². The maximum atomic E-state index is 13.8. The molecule has 0 spiro atoms. The number of hydrogen-bond donors (Lipinski definition) is 4. The Morgan fingerprint density at radius 3 is 2.38 bits per heavy atom. The predicted molar refractivity (Wildman–Crippen MR) is 153 cm³/mol. The number of rotatable bonds is 13. The number of pyridine rings is 1. The van der Waals surface area contributed by atoms with E-state index >= 15 is 0 Å². The number of carbonyl (C=O) groups excluding carboxylic acids is 2. The Morgan fingerprint density at radius 1 is 1.06 bits per heavy atom. The Balaban J connectivity index is 1.52. The van der Waals surface area contributed by atoms with Gasteiger partial charge in [0.2, 0.25) is 17.7 Å². The van der Waals surface area contributed by atoms with E-state index in [0.717, 1.165) is 18.2 Å². The Labute approximate surface area is 263 Å². The van der Waals surface area contributed by atoms with E-state index in [-0.39, 0.29) is 60.0 Å². The van der Waals surface area contributed by atoms with Crippen molar-refractivity contribution in [3.05, 3.63) is 41.0 Å². The monoisotopic (exact) mass is 679 g/mol. The first kappa shape index (κ1) is 35.8. The number of hydrogen-bond acceptors (Lipinski definition) is 7. The van der Waals surface area contributed by atoms with Crippen LogP contribution in [0.25, 0.3) is 11.2 Å². The number of H-pyrrole nitrogens is 1. The third-order valence-electron chi connectivity index (χ3n) is 7.90. The first-order valence-corrected chi connectivity index (χ1v) is 14.9. The van der Waals surface area contributed by atoms with E-state index in [9.17, 15) is 49.8 Å². The number of aliphatic hydroxyl groups excluding tert-OH is 1. The van der Waals surface area contributed by atoms with E-state index < -0.39 is 66.2 Å². The molecule has 1 saturated carbocycles. The summed E-state index contributed by atoms with van der Waals surface area (Å²) in [5.41, 5.74) is -1.49. The number of ether oxygens (including phenoxy) is 1. The molecule has 3 aromatic rings. The fourth-order valence-electron chi connectivity index (χ4n) is 5.42. The Hall–Kier alpha value is -4.02. The minimum absolute atomic E-state index is 0.0207. The van der Waals surface area contributed by atoms with Gasteiger partial charge in [0.25, 0.3) is 6.43 Å². The Bertz CT molecular complexity index is 1550. The van der Waals surface area contributed by atoms with E-state index in [2.05, 4.69) is 25.6 Å². The van der Waals surface area contributed by atoms with Gasteiger partial charge >= 0.3 is 12.4 Å². The molecule has 1 aliphatic rings. The van der Waals surface area contributed by atoms with Crippen molar-refractivity contribution in [1.82, 2.24) is 20.3 Å². The molecule has 1 fully saturated rings. The second-order valence-corrected chi connectivity index (χ2v) is 11.5. The first-order valence-electron chi connectivity index (χ1n) is 14.9. The van der Waals surface area contributed by atoms with Crippen LogP contribution in [0.5, 0.6) is 5.88 Å². The van der Waals surface area contributed by atoms with Crippen molar-refractivity contribution in [1.29, 1.82) is 0 Å². The highest BCUT2D eigenvalue weighted by molar-refractivity contribution is 6.00. The molecule has 1 atom stereocenters. The van der Waals surface area contributed by atoms with Crippen LogP contribution >= 0.6 is 0 Å². The molecule has 17 heteroatoms. The zero-order chi connectivity index (χ0) is 34.5. The van der Waals surface area contributed by atoms with Gasteiger partial charge < -0.3 is 25.5 Å². The van der Waals surface area contributed by atoms with Crippen LogP contribution in [-0.4, -0.2) is 57.1 Å². The number of anilines is 2. The minimum Gasteiger partial charge on any atom is -0.471 e. The zero-order valence-electron chi connectivity index (χ0n) is 25.1. The van der Waals surface area contributed by atoms with Crippen molar-refractivity contribution in [3.63, 3.8) is 0 Å². The number of aliphatic hydroxyl groups is 1. The maximum Gasteiger partial charge on any atom is 0.418 e. The number of Topliss-reactive ketones (excluding diaryl/α,β-unsaturated/α-hetero) is 1. The average molecular weight is 680 g/mol. The first-order chi connectivity index (χ1) is 22.0. The number of amides is 1. The van der Waals surface area contributed by atoms with Crippen molar-refractivity contribution in [2.45, 2.75) is 83.3 Å². The van der Waals surface area contributed by atoms with Crippen molar-refractivity contribution >= 4 is 34.5 Å². The standard InChI is InChI=1S/C30H33F8N5O4/c1-15(44)26(46)39-13-17-7-10-20(30(36,37)38)21(11-17)40-28-41-22-12-19(27(42-25(22)43-28)47-14-24(31)32)23(45)4-2-3-16-5-8-18(9-6-16)29(33,34)35/h7,10-12,15-16,18,24,44H,2-6,8-9,13-14H2,1H3,(H,39,46)(H2,40,41,42,43). The molecule has 0 bridgehead atoms. The lowest BCUT2D eigenvalue weighted by molar-refractivity contribution is -0.184. The number of nitrogens with zero attached hydrogens (tertiary/aromatic N) is 2. The average Bonchev–Trinajstić information content (AvgIpc) is 3.38. The van der Waals surface area contributed by atoms with Gasteiger partial charge in [-0.3, -0.25) is 9.59 Å². The smallest absolute Gasteiger partial charge is 0.418 e. The molecule has 4 N–H and O–H groups in total. The Kier molecular flexibility index (Phi) is 11.3. The molecular formula is C30H33F8N5O4. The number of aromatic amines is 1. The van der Waals surface area contributed by atoms with Crippen LogP contribution in [-0.2, 0) is 17.5 Å². The molecule has 1 aromatic carbocycles. The molecule has 2 aromatic heterocycles. The SMILES string of the molecule is CC(O)C(=O)NCc1ccc(C(F)(F)F)c(Nc2nc3nc(OCC(F)F)c(C(=O)CCCC4CCC(C(F)(F)F)CC4)cc3[nH]2)c1. The van der Waals surface area contributed by atoms with E-state index in [1.165, 1.54) is 13.0 Å². The van der Waals surface area contributed by atoms with E-state index in [1.807, 2.05) is 0 Å². The Morgan fingerprint density at radius 2 is 1.77 bits per heavy atom. The summed E-state index contributed by atoms with van der Waals surface area (Å²) in [6.07, 6.45) is -11.7. The van der Waals surface area contributed by atoms with Crippen LogP contribution in [0.1, 0.15) is 73.4 Å². The molecule has 2 heterocycles. The molecule has 9 nitrogen and oxygen atoms in total. The highest BCUT2D eigenvalue weighted by Crippen LogP contribution is 2.41. The van der Waals surface area contributed by atoms with Crippen molar-refractivity contribution in [2.75, 3.05) is 11.9 Å². The number of halogens is 8. The lowest BCUT2D eigenvalue weighted by atomic mass is 9.79. The van der Waals surface area contributed by atoms with Crippen LogP contribution in [0.2, 0.25) is 0 Å². The second kappa shape index (κ2) is 14.8. The number of fused-ring (bicyclic) bond motifs is 1. The van der Waals surface area contributed by atoms with Gasteiger partial charge in [-0.25, -0.2) is 8.78 Å². The van der Waals surface area contributed by atoms with Crippen molar-refractivity contribution < 1.29 is 54.6 Å². The fourth-order valence-corrected chi connectivity index (χ4v) is 5.42. The van der Waals surface area contributed by atoms with Crippen molar-refractivity contribution in [2.24, 2.45) is 11.8 Å². The molecule has 0 aliphatic heterocycles. The summed E-state index contributed by atoms with van der Waals surface area (Å²) in [6.45, 7) is -0.0587. The van der Waals surface area contributed by atoms with E-state index in [0.29, 0.717) is 25.7 Å². The second-order valence-electron chi connectivity index (χ2n) is 11.5. The summed E-state index contributed by atoms with van der Waals surface area (Å²) in [4.78, 5) is 35.7. The highest BCUT2D eigenvalue weighted by atomic mass is 19.4. The molecule has 4 rings (SSSR count). The number of carbonyl (C=O) groups is 2. The van der Waals surface area contributed by atoms with Crippen LogP contribution < -0.4 is 15.4 Å². The topological polar surface area (TPSA) is 129 Å². The molecule has 1 aliphatic carbocycles. The van der Waals surface area contributed by atoms with Gasteiger partial charge in [0.1, 0.15) is 6.10 Å². The van der Waals surface area contributed by atoms with Crippen LogP contribution in [0.4, 0.5) is 46.8 Å². The quantitative estimate of drug-likeness (QED) is 0.112. The number of aromatic nitrogens is 3. The molecule has 47 heavy (non-hydrogen) atoms. The number of alkyl halides is 8. The van der Waals surface area contributed by atoms with Gasteiger partial charge in [-0.1, -0.05) is 12.5 Å². The van der Waals surface area contributed by atoms with Crippen LogP contribution in [0.15, 0.2) is 24.3 Å². The normalized spacial score (nSPS) is 17.9. The third kappa shape index (κ3) is 9.74. The molecule has 1 amide bonds. The van der Waals surface area contributed by atoms with E-state index in [4.69, 9.17) is 4.74 Å². The number of ketones is 1. The van der Waals surface area contributed by atoms with Gasteiger partial charge in [-0.15, -0.1) is 0 Å². The van der Waals surface area contributed by atoms with E-state index in [1.54, 1.807) is 0 Å². The largest absolute Gasteiger partial charge is 0.471 e.